The molecule has 0 N–H and O–H groups in total. The normalized spacial score (nSPS) is 14.2. The second-order valence-electron chi connectivity index (χ2n) is 3.65. The Morgan fingerprint density at radius 3 is 2.87 bits per heavy atom. The summed E-state index contributed by atoms with van der Waals surface area (Å²) in [4.78, 5) is 16.4. The molecule has 1 aromatic carbocycles. The molecule has 1 aliphatic rings. The number of fused-ring (bicyclic) bond motifs is 1. The molecule has 0 spiro atoms. The molecule has 0 saturated heterocycles. The molecule has 76 valence electrons. The summed E-state index contributed by atoms with van der Waals surface area (Å²) < 4.78 is 0. The molecule has 1 aromatic rings. The van der Waals surface area contributed by atoms with Crippen LogP contribution in [0.25, 0.3) is 4.85 Å². The van der Waals surface area contributed by atoms with Crippen molar-refractivity contribution in [1.29, 1.82) is 0 Å². The van der Waals surface area contributed by atoms with Gasteiger partial charge in [0.05, 0.1) is 0 Å². The molecule has 15 heavy (non-hydrogen) atoms. The molecule has 3 heteroatoms. The van der Waals surface area contributed by atoms with E-state index >= 15 is 0 Å². The van der Waals surface area contributed by atoms with E-state index in [4.69, 9.17) is 6.57 Å². The van der Waals surface area contributed by atoms with Gasteiger partial charge < -0.3 is 9.74 Å². The minimum absolute atomic E-state index is 0.0256. The molecule has 0 radical (unpaired) electrons. The summed E-state index contributed by atoms with van der Waals surface area (Å²) in [7, 11) is 0. The van der Waals surface area contributed by atoms with Crippen LogP contribution in [-0.4, -0.2) is 23.9 Å². The number of carbonyl (C=O) groups excluding carboxylic acids is 1. The molecule has 0 saturated carbocycles. The van der Waals surface area contributed by atoms with E-state index in [0.717, 1.165) is 13.0 Å². The molecule has 1 aliphatic heterocycles. The molecule has 3 nitrogen and oxygen atoms in total. The van der Waals surface area contributed by atoms with E-state index in [1.165, 1.54) is 11.1 Å². The second-order valence-corrected chi connectivity index (χ2v) is 3.65. The third-order valence-corrected chi connectivity index (χ3v) is 2.70. The highest BCUT2D eigenvalue weighted by atomic mass is 16.2. The Kier molecular flexibility index (Phi) is 2.68. The van der Waals surface area contributed by atoms with Crippen LogP contribution in [0.1, 0.15) is 11.1 Å². The molecule has 0 aromatic heterocycles. The first-order chi connectivity index (χ1) is 7.31. The second kappa shape index (κ2) is 4.14. The predicted molar refractivity (Wildman–Crippen MR) is 57.0 cm³/mol. The smallest absolute Gasteiger partial charge is 0.303 e. The number of amides is 1. The maximum Gasteiger partial charge on any atom is 0.303 e. The molecule has 0 bridgehead atoms. The predicted octanol–water partition coefficient (Wildman–Crippen LogP) is 1.49. The van der Waals surface area contributed by atoms with Gasteiger partial charge in [-0.2, -0.15) is 0 Å². The largest absolute Gasteiger partial charge is 0.332 e. The van der Waals surface area contributed by atoms with Crippen LogP contribution in [0.5, 0.6) is 0 Å². The molecule has 0 unspecified atom stereocenters. The molecular formula is C12H12N2O. The van der Waals surface area contributed by atoms with Crippen LogP contribution < -0.4 is 0 Å². The van der Waals surface area contributed by atoms with Crippen molar-refractivity contribution >= 4 is 5.91 Å². The van der Waals surface area contributed by atoms with E-state index in [1.807, 2.05) is 18.2 Å². The molecular weight excluding hydrogens is 188 g/mol. The summed E-state index contributed by atoms with van der Waals surface area (Å²) in [6, 6.07) is 8.16. The Labute approximate surface area is 89.1 Å². The van der Waals surface area contributed by atoms with Crippen LogP contribution in [-0.2, 0) is 17.8 Å². The zero-order valence-electron chi connectivity index (χ0n) is 8.44. The van der Waals surface area contributed by atoms with Gasteiger partial charge in [-0.3, -0.25) is 4.79 Å². The average molecular weight is 200 g/mol. The van der Waals surface area contributed by atoms with Crippen molar-refractivity contribution in [3.05, 3.63) is 46.8 Å². The van der Waals surface area contributed by atoms with Crippen molar-refractivity contribution in [2.45, 2.75) is 13.0 Å². The first-order valence-corrected chi connectivity index (χ1v) is 4.99. The Morgan fingerprint density at radius 2 is 2.13 bits per heavy atom. The van der Waals surface area contributed by atoms with Crippen LogP contribution in [0.3, 0.4) is 0 Å². The van der Waals surface area contributed by atoms with E-state index < -0.39 is 0 Å². The van der Waals surface area contributed by atoms with Gasteiger partial charge in [-0.05, 0) is 17.5 Å². The molecule has 1 amide bonds. The molecule has 1 heterocycles. The highest BCUT2D eigenvalue weighted by Gasteiger charge is 2.21. The number of benzene rings is 1. The monoisotopic (exact) mass is 200 g/mol. The van der Waals surface area contributed by atoms with Crippen LogP contribution in [0.2, 0.25) is 0 Å². The van der Waals surface area contributed by atoms with Gasteiger partial charge in [-0.15, -0.1) is 0 Å². The standard InChI is InChI=1S/C12H12N2O/c1-13-8-12(15)14-7-6-10-4-2-3-5-11(10)9-14/h2-5H,6-9H2. The van der Waals surface area contributed by atoms with Crippen LogP contribution in [0, 0.1) is 6.57 Å². The highest BCUT2D eigenvalue weighted by molar-refractivity contribution is 5.79. The van der Waals surface area contributed by atoms with Gasteiger partial charge in [0.2, 0.25) is 0 Å². The molecule has 2 rings (SSSR count). The van der Waals surface area contributed by atoms with Crippen LogP contribution in [0.4, 0.5) is 0 Å². The third kappa shape index (κ3) is 1.99. The lowest BCUT2D eigenvalue weighted by Gasteiger charge is -2.27. The van der Waals surface area contributed by atoms with Crippen molar-refractivity contribution in [1.82, 2.24) is 4.90 Å². The fourth-order valence-electron chi connectivity index (χ4n) is 1.88. The topological polar surface area (TPSA) is 24.7 Å². The van der Waals surface area contributed by atoms with Crippen molar-refractivity contribution in [2.75, 3.05) is 13.1 Å². The number of hydrogen-bond acceptors (Lipinski definition) is 1. The van der Waals surface area contributed by atoms with Crippen molar-refractivity contribution < 1.29 is 4.79 Å². The number of nitrogens with zero attached hydrogens (tertiary/aromatic N) is 2. The van der Waals surface area contributed by atoms with Gasteiger partial charge in [0.25, 0.3) is 6.54 Å². The average Bonchev–Trinajstić information content (AvgIpc) is 2.29. The van der Waals surface area contributed by atoms with Crippen molar-refractivity contribution in [3.63, 3.8) is 0 Å². The lowest BCUT2D eigenvalue weighted by molar-refractivity contribution is -0.129. The highest BCUT2D eigenvalue weighted by Crippen LogP contribution is 2.18. The fourth-order valence-corrected chi connectivity index (χ4v) is 1.88. The van der Waals surface area contributed by atoms with E-state index in [0.29, 0.717) is 6.54 Å². The SMILES string of the molecule is [C-]#[N+]CC(=O)N1CCc2ccccc2C1. The van der Waals surface area contributed by atoms with E-state index in [1.54, 1.807) is 4.90 Å². The Morgan fingerprint density at radius 1 is 1.40 bits per heavy atom. The van der Waals surface area contributed by atoms with Gasteiger partial charge in [-0.1, -0.05) is 24.3 Å². The van der Waals surface area contributed by atoms with Gasteiger partial charge in [-0.25, -0.2) is 6.57 Å². The quantitative estimate of drug-likeness (QED) is 0.630. The van der Waals surface area contributed by atoms with Crippen LogP contribution >= 0.6 is 0 Å². The lowest BCUT2D eigenvalue weighted by atomic mass is 10.00. The van der Waals surface area contributed by atoms with Gasteiger partial charge in [0.15, 0.2) is 0 Å². The summed E-state index contributed by atoms with van der Waals surface area (Å²) in [6.45, 7) is 8.05. The van der Waals surface area contributed by atoms with Gasteiger partial charge in [0.1, 0.15) is 0 Å². The minimum atomic E-state index is -0.0560. The maximum atomic E-state index is 11.5. The third-order valence-electron chi connectivity index (χ3n) is 2.70. The molecule has 0 atom stereocenters. The Bertz CT molecular complexity index is 420. The number of rotatable bonds is 1. The van der Waals surface area contributed by atoms with Gasteiger partial charge >= 0.3 is 5.91 Å². The maximum absolute atomic E-state index is 11.5. The molecule has 0 aliphatic carbocycles. The minimum Gasteiger partial charge on any atom is -0.332 e. The van der Waals surface area contributed by atoms with E-state index in [2.05, 4.69) is 10.9 Å². The summed E-state index contributed by atoms with van der Waals surface area (Å²) in [5, 5.41) is 0. The van der Waals surface area contributed by atoms with Crippen LogP contribution in [0.15, 0.2) is 24.3 Å². The van der Waals surface area contributed by atoms with E-state index in [9.17, 15) is 4.79 Å². The summed E-state index contributed by atoms with van der Waals surface area (Å²) >= 11 is 0. The first kappa shape index (κ1) is 9.72. The van der Waals surface area contributed by atoms with Crippen molar-refractivity contribution in [2.24, 2.45) is 0 Å². The first-order valence-electron chi connectivity index (χ1n) is 4.99. The van der Waals surface area contributed by atoms with Crippen molar-refractivity contribution in [3.8, 4) is 0 Å². The Balaban J connectivity index is 2.12. The van der Waals surface area contributed by atoms with E-state index in [-0.39, 0.29) is 12.5 Å². The summed E-state index contributed by atoms with van der Waals surface area (Å²) in [5.41, 5.74) is 2.53. The number of carbonyl (C=O) groups is 1. The van der Waals surface area contributed by atoms with Gasteiger partial charge in [0, 0.05) is 13.1 Å². The molecule has 0 fully saturated rings. The fraction of sp³-hybridized carbons (Fsp3) is 0.333. The number of hydrogen-bond donors (Lipinski definition) is 0. The Hall–Kier alpha value is -1.82. The zero-order valence-corrected chi connectivity index (χ0v) is 8.44. The zero-order chi connectivity index (χ0) is 10.7. The summed E-state index contributed by atoms with van der Waals surface area (Å²) in [6.07, 6.45) is 0.903. The lowest BCUT2D eigenvalue weighted by Crippen LogP contribution is -2.36. The summed E-state index contributed by atoms with van der Waals surface area (Å²) in [5.74, 6) is -0.0560.